The summed E-state index contributed by atoms with van der Waals surface area (Å²) in [5.74, 6) is -0.155. The third-order valence-corrected chi connectivity index (χ3v) is 4.71. The number of amides is 2. The zero-order chi connectivity index (χ0) is 15.5. The third kappa shape index (κ3) is 3.29. The van der Waals surface area contributed by atoms with Crippen LogP contribution in [0.1, 0.15) is 44.2 Å². The number of likely N-dealkylation sites (tertiary alicyclic amines) is 1. The first-order chi connectivity index (χ1) is 10.6. The molecular weight excluding hydrogens is 278 g/mol. The van der Waals surface area contributed by atoms with Gasteiger partial charge in [-0.25, -0.2) is 0 Å². The predicted molar refractivity (Wildman–Crippen MR) is 84.3 cm³/mol. The monoisotopic (exact) mass is 301 g/mol. The molecule has 2 fully saturated rings. The average molecular weight is 301 g/mol. The number of anilines is 1. The normalized spacial score (nSPS) is 22.9. The minimum absolute atomic E-state index is 0.0581. The summed E-state index contributed by atoms with van der Waals surface area (Å²) < 4.78 is 0. The second kappa shape index (κ2) is 6.46. The van der Waals surface area contributed by atoms with Crippen molar-refractivity contribution >= 4 is 17.5 Å². The van der Waals surface area contributed by atoms with Crippen molar-refractivity contribution in [2.24, 2.45) is 5.92 Å². The van der Waals surface area contributed by atoms with Crippen molar-refractivity contribution in [2.45, 2.75) is 51.5 Å². The molecule has 118 valence electrons. The summed E-state index contributed by atoms with van der Waals surface area (Å²) in [7, 11) is 0. The van der Waals surface area contributed by atoms with Crippen LogP contribution >= 0.6 is 0 Å². The highest BCUT2D eigenvalue weighted by molar-refractivity contribution is 5.97. The first kappa shape index (κ1) is 15.0. The topological polar surface area (TPSA) is 62.3 Å². The van der Waals surface area contributed by atoms with E-state index in [0.717, 1.165) is 24.2 Å². The fourth-order valence-electron chi connectivity index (χ4n) is 3.52. The second-order valence-electron chi connectivity index (χ2n) is 6.41. The zero-order valence-corrected chi connectivity index (χ0v) is 13.0. The fraction of sp³-hybridized carbons (Fsp3) is 0.588. The number of nitrogens with zero attached hydrogens (tertiary/aromatic N) is 2. The predicted octanol–water partition coefficient (Wildman–Crippen LogP) is 2.51. The van der Waals surface area contributed by atoms with Crippen LogP contribution in [-0.4, -0.2) is 34.3 Å². The van der Waals surface area contributed by atoms with E-state index in [4.69, 9.17) is 0 Å². The lowest BCUT2D eigenvalue weighted by atomic mass is 9.94. The Morgan fingerprint density at radius 1 is 1.32 bits per heavy atom. The van der Waals surface area contributed by atoms with E-state index in [1.165, 1.54) is 19.3 Å². The van der Waals surface area contributed by atoms with E-state index in [2.05, 4.69) is 10.3 Å². The van der Waals surface area contributed by atoms with Gasteiger partial charge < -0.3 is 10.2 Å². The molecule has 2 heterocycles. The Hall–Kier alpha value is -1.91. The summed E-state index contributed by atoms with van der Waals surface area (Å²) in [4.78, 5) is 30.7. The maximum atomic E-state index is 12.4. The Morgan fingerprint density at radius 3 is 2.82 bits per heavy atom. The van der Waals surface area contributed by atoms with Crippen molar-refractivity contribution in [3.05, 3.63) is 24.0 Å². The lowest BCUT2D eigenvalue weighted by Gasteiger charge is -2.31. The Balaban J connectivity index is 1.61. The van der Waals surface area contributed by atoms with Crippen LogP contribution in [0.5, 0.6) is 0 Å². The van der Waals surface area contributed by atoms with Crippen molar-refractivity contribution in [3.63, 3.8) is 0 Å². The molecule has 5 heteroatoms. The molecule has 1 aromatic heterocycles. The largest absolute Gasteiger partial charge is 0.339 e. The van der Waals surface area contributed by atoms with Crippen molar-refractivity contribution in [2.75, 3.05) is 11.9 Å². The molecule has 3 rings (SSSR count). The molecule has 1 atom stereocenters. The zero-order valence-electron chi connectivity index (χ0n) is 13.0. The molecule has 0 spiro atoms. The van der Waals surface area contributed by atoms with Gasteiger partial charge in [0.15, 0.2) is 0 Å². The Morgan fingerprint density at radius 2 is 2.09 bits per heavy atom. The molecule has 0 bridgehead atoms. The second-order valence-corrected chi connectivity index (χ2v) is 6.41. The van der Waals surface area contributed by atoms with Gasteiger partial charge in [-0.2, -0.15) is 0 Å². The maximum absolute atomic E-state index is 12.4. The van der Waals surface area contributed by atoms with E-state index in [1.54, 1.807) is 12.3 Å². The van der Waals surface area contributed by atoms with Crippen LogP contribution in [0.15, 0.2) is 18.3 Å². The molecule has 1 saturated carbocycles. The molecule has 5 nitrogen and oxygen atoms in total. The van der Waals surface area contributed by atoms with E-state index >= 15 is 0 Å². The molecule has 1 aromatic rings. The van der Waals surface area contributed by atoms with E-state index < -0.39 is 0 Å². The highest BCUT2D eigenvalue weighted by Crippen LogP contribution is 2.29. The van der Waals surface area contributed by atoms with Crippen molar-refractivity contribution in [3.8, 4) is 0 Å². The summed E-state index contributed by atoms with van der Waals surface area (Å²) in [6.45, 7) is 2.46. The number of hydrogen-bond acceptors (Lipinski definition) is 3. The van der Waals surface area contributed by atoms with Crippen LogP contribution < -0.4 is 5.32 Å². The Kier molecular flexibility index (Phi) is 4.41. The van der Waals surface area contributed by atoms with E-state index in [-0.39, 0.29) is 17.7 Å². The lowest BCUT2D eigenvalue weighted by molar-refractivity contribution is -0.130. The van der Waals surface area contributed by atoms with Gasteiger partial charge in [-0.3, -0.25) is 14.6 Å². The van der Waals surface area contributed by atoms with Crippen molar-refractivity contribution in [1.82, 2.24) is 9.88 Å². The number of carbonyl (C=O) groups is 2. The number of nitrogens with one attached hydrogen (secondary N) is 1. The van der Waals surface area contributed by atoms with Crippen molar-refractivity contribution in [1.29, 1.82) is 0 Å². The van der Waals surface area contributed by atoms with Crippen LogP contribution in [0.25, 0.3) is 0 Å². The first-order valence-corrected chi connectivity index (χ1v) is 8.16. The number of carbonyl (C=O) groups excluding carboxylic acids is 2. The third-order valence-electron chi connectivity index (χ3n) is 4.71. The van der Waals surface area contributed by atoms with Gasteiger partial charge in [0.1, 0.15) is 0 Å². The minimum Gasteiger partial charge on any atom is -0.339 e. The molecule has 1 unspecified atom stereocenters. The van der Waals surface area contributed by atoms with E-state index in [9.17, 15) is 9.59 Å². The molecule has 0 radical (unpaired) electrons. The quantitative estimate of drug-likeness (QED) is 0.933. The van der Waals surface area contributed by atoms with Gasteiger partial charge in [-0.1, -0.05) is 19.3 Å². The van der Waals surface area contributed by atoms with Gasteiger partial charge in [0, 0.05) is 36.6 Å². The standard InChI is InChI=1S/C17H23N3O2/c1-12-9-14(7-8-18-12)19-17(22)13-10-16(21)20(11-13)15-5-3-2-4-6-15/h7-9,13,15H,2-6,10-11H2,1H3,(H,18,19,22). The van der Waals surface area contributed by atoms with Gasteiger partial charge >= 0.3 is 0 Å². The number of pyridine rings is 1. The molecule has 1 N–H and O–H groups in total. The molecule has 0 aromatic carbocycles. The van der Waals surface area contributed by atoms with Crippen LogP contribution in [0.2, 0.25) is 0 Å². The van der Waals surface area contributed by atoms with Gasteiger partial charge in [0.2, 0.25) is 11.8 Å². The molecule has 1 aliphatic carbocycles. The van der Waals surface area contributed by atoms with Gasteiger partial charge in [0.25, 0.3) is 0 Å². The van der Waals surface area contributed by atoms with Gasteiger partial charge in [-0.05, 0) is 31.9 Å². The summed E-state index contributed by atoms with van der Waals surface area (Å²) in [5, 5.41) is 2.91. The summed E-state index contributed by atoms with van der Waals surface area (Å²) in [6, 6.07) is 3.97. The van der Waals surface area contributed by atoms with Crippen LogP contribution in [0, 0.1) is 12.8 Å². The van der Waals surface area contributed by atoms with Gasteiger partial charge in [-0.15, -0.1) is 0 Å². The maximum Gasteiger partial charge on any atom is 0.229 e. The lowest BCUT2D eigenvalue weighted by Crippen LogP contribution is -2.38. The molecular formula is C17H23N3O2. The van der Waals surface area contributed by atoms with Crippen LogP contribution in [0.4, 0.5) is 5.69 Å². The Bertz CT molecular complexity index is 567. The summed E-state index contributed by atoms with van der Waals surface area (Å²) in [6.07, 6.45) is 7.85. The highest BCUT2D eigenvalue weighted by Gasteiger charge is 2.38. The molecule has 1 aliphatic heterocycles. The summed E-state index contributed by atoms with van der Waals surface area (Å²) >= 11 is 0. The van der Waals surface area contributed by atoms with Crippen LogP contribution in [0.3, 0.4) is 0 Å². The SMILES string of the molecule is Cc1cc(NC(=O)C2CC(=O)N(C3CCCCC3)C2)ccn1. The highest BCUT2D eigenvalue weighted by atomic mass is 16.2. The number of rotatable bonds is 3. The summed E-state index contributed by atoms with van der Waals surface area (Å²) in [5.41, 5.74) is 1.62. The molecule has 2 aliphatic rings. The number of hydrogen-bond donors (Lipinski definition) is 1. The molecule has 1 saturated heterocycles. The average Bonchev–Trinajstić information content (AvgIpc) is 2.90. The fourth-order valence-corrected chi connectivity index (χ4v) is 3.52. The number of aryl methyl sites for hydroxylation is 1. The molecule has 2 amide bonds. The smallest absolute Gasteiger partial charge is 0.229 e. The van der Waals surface area contributed by atoms with E-state index in [1.807, 2.05) is 17.9 Å². The Labute approximate surface area is 131 Å². The first-order valence-electron chi connectivity index (χ1n) is 8.16. The number of aromatic nitrogens is 1. The minimum atomic E-state index is -0.233. The van der Waals surface area contributed by atoms with Gasteiger partial charge in [0.05, 0.1) is 5.92 Å². The molecule has 22 heavy (non-hydrogen) atoms. The van der Waals surface area contributed by atoms with Crippen molar-refractivity contribution < 1.29 is 9.59 Å². The van der Waals surface area contributed by atoms with Crippen LogP contribution in [-0.2, 0) is 9.59 Å². The van der Waals surface area contributed by atoms with E-state index in [0.29, 0.717) is 19.0 Å².